The van der Waals surface area contributed by atoms with Gasteiger partial charge in [-0.2, -0.15) is 4.52 Å². The van der Waals surface area contributed by atoms with E-state index in [1.807, 2.05) is 0 Å². The summed E-state index contributed by atoms with van der Waals surface area (Å²) in [4.78, 5) is 2.25. The summed E-state index contributed by atoms with van der Waals surface area (Å²) in [6.45, 7) is 2.68. The number of hydrogen-bond donors (Lipinski definition) is 1. The molecule has 164 valence electrons. The number of fused-ring (bicyclic) bond motifs is 3. The van der Waals surface area contributed by atoms with Crippen molar-refractivity contribution in [2.24, 2.45) is 0 Å². The summed E-state index contributed by atoms with van der Waals surface area (Å²) < 4.78 is 15.1. The van der Waals surface area contributed by atoms with Crippen LogP contribution in [0.25, 0.3) is 16.6 Å². The molecule has 2 aromatic carbocycles. The summed E-state index contributed by atoms with van der Waals surface area (Å²) in [6.07, 6.45) is 5.84. The first kappa shape index (κ1) is 20.8. The van der Waals surface area contributed by atoms with Gasteiger partial charge in [0.05, 0.1) is 5.52 Å². The van der Waals surface area contributed by atoms with E-state index in [0.717, 1.165) is 40.6 Å². The molecule has 8 heteroatoms. The number of aromatic nitrogens is 4. The van der Waals surface area contributed by atoms with Crippen molar-refractivity contribution in [3.63, 3.8) is 0 Å². The molecule has 2 heterocycles. The number of rotatable bonds is 4. The minimum atomic E-state index is -0.265. The van der Waals surface area contributed by atoms with Crippen LogP contribution in [0.3, 0.4) is 0 Å². The third-order valence-electron chi connectivity index (χ3n) is 6.21. The van der Waals surface area contributed by atoms with E-state index in [1.54, 1.807) is 16.6 Å². The Morgan fingerprint density at radius 1 is 1.12 bits per heavy atom. The molecule has 32 heavy (non-hydrogen) atoms. The van der Waals surface area contributed by atoms with Crippen molar-refractivity contribution in [3.8, 4) is 0 Å². The van der Waals surface area contributed by atoms with Crippen LogP contribution in [0, 0.1) is 12.7 Å². The zero-order valence-corrected chi connectivity index (χ0v) is 18.8. The number of halogens is 1. The van der Waals surface area contributed by atoms with Crippen LogP contribution >= 0.6 is 12.2 Å². The van der Waals surface area contributed by atoms with Crippen LogP contribution in [-0.4, -0.2) is 36.1 Å². The molecule has 0 unspecified atom stereocenters. The number of aryl methyl sites for hydroxylation is 1. The second kappa shape index (κ2) is 8.78. The number of benzene rings is 2. The molecule has 1 aliphatic rings. The average Bonchev–Trinajstić information content (AvgIpc) is 3.29. The Bertz CT molecular complexity index is 1260. The molecule has 6 nitrogen and oxygen atoms in total. The van der Waals surface area contributed by atoms with Gasteiger partial charge in [0.2, 0.25) is 0 Å². The van der Waals surface area contributed by atoms with Crippen LogP contribution in [0.1, 0.15) is 43.2 Å². The van der Waals surface area contributed by atoms with Crippen LogP contribution in [0.4, 0.5) is 10.1 Å². The zero-order chi connectivity index (χ0) is 22.1. The van der Waals surface area contributed by atoms with Gasteiger partial charge in [0.15, 0.2) is 10.8 Å². The smallest absolute Gasteiger partial charge is 0.184 e. The average molecular weight is 449 g/mol. The van der Waals surface area contributed by atoms with Crippen molar-refractivity contribution in [1.82, 2.24) is 24.9 Å². The highest BCUT2D eigenvalue weighted by molar-refractivity contribution is 7.80. The highest BCUT2D eigenvalue weighted by atomic mass is 32.1. The molecular formula is C24H25FN6S. The first-order valence-electron chi connectivity index (χ1n) is 11.0. The van der Waals surface area contributed by atoms with E-state index >= 15 is 0 Å². The van der Waals surface area contributed by atoms with E-state index in [1.165, 1.54) is 37.0 Å². The Labute approximate surface area is 191 Å². The molecule has 1 fully saturated rings. The molecule has 5 rings (SSSR count). The third-order valence-corrected chi connectivity index (χ3v) is 6.55. The lowest BCUT2D eigenvalue weighted by Crippen LogP contribution is -2.43. The van der Waals surface area contributed by atoms with Crippen molar-refractivity contribution in [2.45, 2.75) is 51.6 Å². The molecule has 1 N–H and O–H groups in total. The first-order chi connectivity index (χ1) is 15.6. The van der Waals surface area contributed by atoms with Crippen LogP contribution in [0.5, 0.6) is 0 Å². The van der Waals surface area contributed by atoms with Gasteiger partial charge in [0, 0.05) is 29.2 Å². The Hall–Kier alpha value is -3.13. The normalized spacial score (nSPS) is 14.7. The molecular weight excluding hydrogens is 423 g/mol. The van der Waals surface area contributed by atoms with Crippen molar-refractivity contribution < 1.29 is 4.39 Å². The number of nitrogens with one attached hydrogen (secondary N) is 1. The number of tetrazole rings is 1. The van der Waals surface area contributed by atoms with Gasteiger partial charge in [-0.25, -0.2) is 4.39 Å². The third kappa shape index (κ3) is 4.14. The van der Waals surface area contributed by atoms with Gasteiger partial charge in [-0.05, 0) is 84.9 Å². The minimum absolute atomic E-state index is 0.265. The molecule has 0 aliphatic heterocycles. The summed E-state index contributed by atoms with van der Waals surface area (Å²) in [5.74, 6) is -0.265. The predicted molar refractivity (Wildman–Crippen MR) is 128 cm³/mol. The highest BCUT2D eigenvalue weighted by Gasteiger charge is 2.25. The predicted octanol–water partition coefficient (Wildman–Crippen LogP) is 5.26. The lowest BCUT2D eigenvalue weighted by atomic mass is 9.94. The minimum Gasteiger partial charge on any atom is -0.342 e. The van der Waals surface area contributed by atoms with Gasteiger partial charge in [-0.1, -0.05) is 30.9 Å². The number of anilines is 1. The highest BCUT2D eigenvalue weighted by Crippen LogP contribution is 2.27. The molecule has 0 spiro atoms. The van der Waals surface area contributed by atoms with Gasteiger partial charge in [-0.15, -0.1) is 5.10 Å². The van der Waals surface area contributed by atoms with Crippen molar-refractivity contribution in [3.05, 3.63) is 65.5 Å². The van der Waals surface area contributed by atoms with Gasteiger partial charge < -0.3 is 10.2 Å². The number of pyridine rings is 1. The molecule has 1 saturated carbocycles. The van der Waals surface area contributed by atoms with Crippen LogP contribution in [0.15, 0.2) is 48.5 Å². The fourth-order valence-electron chi connectivity index (χ4n) is 4.57. The maximum absolute atomic E-state index is 13.3. The number of hydrogen-bond acceptors (Lipinski definition) is 4. The summed E-state index contributed by atoms with van der Waals surface area (Å²) in [6, 6.07) is 15.1. The maximum Gasteiger partial charge on any atom is 0.184 e. The van der Waals surface area contributed by atoms with E-state index in [-0.39, 0.29) is 5.82 Å². The summed E-state index contributed by atoms with van der Waals surface area (Å²) in [5.41, 5.74) is 4.72. The molecule has 0 atom stereocenters. The number of nitrogens with zero attached hydrogens (tertiary/aromatic N) is 5. The summed E-state index contributed by atoms with van der Waals surface area (Å²) in [7, 11) is 0. The standard InChI is InChI=1S/C24H25FN6S/c1-16-7-12-22-17(13-16)14-18(23-27-28-29-31(22)23)15-30(21-5-3-2-4-6-21)24(32)26-20-10-8-19(25)9-11-20/h7-14,21H,2-6,15H2,1H3,(H,26,32). The van der Waals surface area contributed by atoms with E-state index < -0.39 is 0 Å². The first-order valence-corrected chi connectivity index (χ1v) is 11.4. The number of thiocarbonyl (C=S) groups is 1. The van der Waals surface area contributed by atoms with Crippen molar-refractivity contribution in [2.75, 3.05) is 5.32 Å². The van der Waals surface area contributed by atoms with Crippen molar-refractivity contribution >= 4 is 39.6 Å². The molecule has 0 bridgehead atoms. The molecule has 0 saturated heterocycles. The molecule has 1 aliphatic carbocycles. The Kier molecular flexibility index (Phi) is 5.70. The van der Waals surface area contributed by atoms with Crippen LogP contribution in [-0.2, 0) is 6.54 Å². The molecule has 0 radical (unpaired) electrons. The van der Waals surface area contributed by atoms with Gasteiger partial charge in [0.25, 0.3) is 0 Å². The largest absolute Gasteiger partial charge is 0.342 e. The molecule has 0 amide bonds. The van der Waals surface area contributed by atoms with E-state index in [0.29, 0.717) is 17.7 Å². The maximum atomic E-state index is 13.3. The Balaban J connectivity index is 1.51. The van der Waals surface area contributed by atoms with Gasteiger partial charge in [0.1, 0.15) is 5.82 Å². The van der Waals surface area contributed by atoms with E-state index in [4.69, 9.17) is 12.2 Å². The fourth-order valence-corrected chi connectivity index (χ4v) is 4.90. The van der Waals surface area contributed by atoms with Crippen LogP contribution < -0.4 is 5.32 Å². The second-order valence-electron chi connectivity index (χ2n) is 8.50. The van der Waals surface area contributed by atoms with Gasteiger partial charge in [-0.3, -0.25) is 0 Å². The second-order valence-corrected chi connectivity index (χ2v) is 8.89. The monoisotopic (exact) mass is 448 g/mol. The van der Waals surface area contributed by atoms with Crippen LogP contribution in [0.2, 0.25) is 0 Å². The van der Waals surface area contributed by atoms with Gasteiger partial charge >= 0.3 is 0 Å². The summed E-state index contributed by atoms with van der Waals surface area (Å²) >= 11 is 5.85. The Morgan fingerprint density at radius 3 is 2.69 bits per heavy atom. The van der Waals surface area contributed by atoms with E-state index in [2.05, 4.69) is 56.9 Å². The quantitative estimate of drug-likeness (QED) is 0.430. The molecule has 4 aromatic rings. The topological polar surface area (TPSA) is 58.3 Å². The Morgan fingerprint density at radius 2 is 1.91 bits per heavy atom. The molecule has 2 aromatic heterocycles. The van der Waals surface area contributed by atoms with Crippen molar-refractivity contribution in [1.29, 1.82) is 0 Å². The lowest BCUT2D eigenvalue weighted by Gasteiger charge is -2.36. The summed E-state index contributed by atoms with van der Waals surface area (Å²) in [5, 5.41) is 17.5. The zero-order valence-electron chi connectivity index (χ0n) is 18.0. The van der Waals surface area contributed by atoms with E-state index in [9.17, 15) is 4.39 Å². The fraction of sp³-hybridized carbons (Fsp3) is 0.333. The lowest BCUT2D eigenvalue weighted by molar-refractivity contribution is 0.241. The SMILES string of the molecule is Cc1ccc2c(c1)cc(CN(C(=S)Nc1ccc(F)cc1)C1CCCCC1)c1nnnn12.